The van der Waals surface area contributed by atoms with Crippen LogP contribution >= 0.6 is 0 Å². The Kier molecular flexibility index (Phi) is 4.53. The number of carboxylic acid groups (broad SMARTS) is 1. The maximum Gasteiger partial charge on any atom is 0.306 e. The van der Waals surface area contributed by atoms with Gasteiger partial charge < -0.3 is 9.84 Å². The van der Waals surface area contributed by atoms with Crippen LogP contribution in [-0.4, -0.2) is 17.2 Å². The van der Waals surface area contributed by atoms with E-state index in [0.29, 0.717) is 25.0 Å². The van der Waals surface area contributed by atoms with Gasteiger partial charge in [-0.15, -0.1) is 0 Å². The Bertz CT molecular complexity index is 484. The molecular formula is C15H17NO3. The number of ether oxygens (including phenoxy) is 1. The minimum atomic E-state index is -0.701. The Morgan fingerprint density at radius 1 is 1.32 bits per heavy atom. The van der Waals surface area contributed by atoms with Gasteiger partial charge in [-0.05, 0) is 37.3 Å². The number of nitriles is 1. The van der Waals surface area contributed by atoms with Gasteiger partial charge >= 0.3 is 5.97 Å². The molecule has 4 heteroatoms. The van der Waals surface area contributed by atoms with E-state index in [1.165, 1.54) is 0 Å². The van der Waals surface area contributed by atoms with Crippen molar-refractivity contribution < 1.29 is 14.6 Å². The van der Waals surface area contributed by atoms with Crippen molar-refractivity contribution in [3.63, 3.8) is 0 Å². The van der Waals surface area contributed by atoms with E-state index in [-0.39, 0.29) is 12.0 Å². The summed E-state index contributed by atoms with van der Waals surface area (Å²) in [7, 11) is 0. The Labute approximate surface area is 112 Å². The summed E-state index contributed by atoms with van der Waals surface area (Å²) in [6, 6.07) is 9.54. The molecule has 2 rings (SSSR count). The Morgan fingerprint density at radius 3 is 2.63 bits per heavy atom. The molecule has 4 nitrogen and oxygen atoms in total. The average molecular weight is 259 g/mol. The fourth-order valence-corrected chi connectivity index (χ4v) is 2.44. The molecule has 0 heterocycles. The molecule has 0 spiro atoms. The summed E-state index contributed by atoms with van der Waals surface area (Å²) < 4.78 is 5.80. The van der Waals surface area contributed by atoms with E-state index < -0.39 is 5.97 Å². The van der Waals surface area contributed by atoms with E-state index >= 15 is 0 Å². The highest BCUT2D eigenvalue weighted by Gasteiger charge is 2.26. The van der Waals surface area contributed by atoms with Gasteiger partial charge in [0.25, 0.3) is 0 Å². The van der Waals surface area contributed by atoms with Gasteiger partial charge in [-0.1, -0.05) is 18.2 Å². The van der Waals surface area contributed by atoms with Crippen molar-refractivity contribution >= 4 is 5.97 Å². The van der Waals surface area contributed by atoms with E-state index in [9.17, 15) is 4.79 Å². The molecule has 100 valence electrons. The van der Waals surface area contributed by atoms with Crippen LogP contribution in [0.4, 0.5) is 0 Å². The van der Waals surface area contributed by atoms with Gasteiger partial charge in [0.2, 0.25) is 0 Å². The molecule has 0 amide bonds. The summed E-state index contributed by atoms with van der Waals surface area (Å²) in [5.41, 5.74) is 1.53. The van der Waals surface area contributed by atoms with Crippen molar-refractivity contribution in [1.29, 1.82) is 5.26 Å². The molecule has 0 atom stereocenters. The Morgan fingerprint density at radius 2 is 2.00 bits per heavy atom. The van der Waals surface area contributed by atoms with Crippen LogP contribution in [0.5, 0.6) is 0 Å². The van der Waals surface area contributed by atoms with Crippen LogP contribution in [0.15, 0.2) is 24.3 Å². The van der Waals surface area contributed by atoms with Gasteiger partial charge in [0.1, 0.15) is 0 Å². The summed E-state index contributed by atoms with van der Waals surface area (Å²) in [5, 5.41) is 17.9. The number of aliphatic carboxylic acids is 1. The first-order valence-electron chi connectivity index (χ1n) is 6.53. The van der Waals surface area contributed by atoms with Crippen molar-refractivity contribution in [2.75, 3.05) is 0 Å². The first kappa shape index (κ1) is 13.6. The molecule has 19 heavy (non-hydrogen) atoms. The number of benzene rings is 1. The molecular weight excluding hydrogens is 242 g/mol. The highest BCUT2D eigenvalue weighted by molar-refractivity contribution is 5.70. The molecule has 1 N–H and O–H groups in total. The zero-order valence-electron chi connectivity index (χ0n) is 10.7. The summed E-state index contributed by atoms with van der Waals surface area (Å²) in [6.07, 6.45) is 3.04. The molecule has 0 aliphatic heterocycles. The van der Waals surface area contributed by atoms with E-state index in [4.69, 9.17) is 15.1 Å². The first-order valence-corrected chi connectivity index (χ1v) is 6.53. The SMILES string of the molecule is N#Cc1ccccc1COC1CCC(C(=O)O)CC1. The van der Waals surface area contributed by atoms with E-state index in [1.807, 2.05) is 18.2 Å². The molecule has 0 aromatic heterocycles. The molecule has 1 aliphatic carbocycles. The second-order valence-electron chi connectivity index (χ2n) is 4.89. The maximum absolute atomic E-state index is 10.8. The van der Waals surface area contributed by atoms with Crippen molar-refractivity contribution in [2.24, 2.45) is 5.92 Å². The van der Waals surface area contributed by atoms with Crippen molar-refractivity contribution in [3.8, 4) is 6.07 Å². The molecule has 0 unspecified atom stereocenters. The third-order valence-electron chi connectivity index (χ3n) is 3.64. The third kappa shape index (κ3) is 3.55. The zero-order chi connectivity index (χ0) is 13.7. The lowest BCUT2D eigenvalue weighted by atomic mass is 9.87. The lowest BCUT2D eigenvalue weighted by Crippen LogP contribution is -2.26. The lowest BCUT2D eigenvalue weighted by molar-refractivity contribution is -0.143. The number of hydrogen-bond acceptors (Lipinski definition) is 3. The third-order valence-corrected chi connectivity index (χ3v) is 3.64. The van der Waals surface area contributed by atoms with E-state index in [0.717, 1.165) is 18.4 Å². The standard InChI is InChI=1S/C15H17NO3/c16-9-12-3-1-2-4-13(12)10-19-14-7-5-11(6-8-14)15(17)18/h1-4,11,14H,5-8,10H2,(H,17,18). The van der Waals surface area contributed by atoms with Crippen molar-refractivity contribution in [3.05, 3.63) is 35.4 Å². The molecule has 1 saturated carbocycles. The number of carbonyl (C=O) groups is 1. The minimum Gasteiger partial charge on any atom is -0.481 e. The van der Waals surface area contributed by atoms with Crippen LogP contribution in [0, 0.1) is 17.2 Å². The molecule has 1 aromatic rings. The van der Waals surface area contributed by atoms with Gasteiger partial charge in [-0.3, -0.25) is 4.79 Å². The highest BCUT2D eigenvalue weighted by Crippen LogP contribution is 2.27. The molecule has 0 radical (unpaired) electrons. The fourth-order valence-electron chi connectivity index (χ4n) is 2.44. The monoisotopic (exact) mass is 259 g/mol. The Balaban J connectivity index is 1.84. The first-order chi connectivity index (χ1) is 9.20. The zero-order valence-corrected chi connectivity index (χ0v) is 10.7. The van der Waals surface area contributed by atoms with Gasteiger partial charge in [0.05, 0.1) is 30.3 Å². The summed E-state index contributed by atoms with van der Waals surface area (Å²) in [4.78, 5) is 10.8. The quantitative estimate of drug-likeness (QED) is 0.902. The molecule has 1 aliphatic rings. The van der Waals surface area contributed by atoms with E-state index in [2.05, 4.69) is 6.07 Å². The highest BCUT2D eigenvalue weighted by atomic mass is 16.5. The Hall–Kier alpha value is -1.86. The van der Waals surface area contributed by atoms with Crippen LogP contribution in [0.3, 0.4) is 0 Å². The number of hydrogen-bond donors (Lipinski definition) is 1. The van der Waals surface area contributed by atoms with Crippen LogP contribution in [0.2, 0.25) is 0 Å². The summed E-state index contributed by atoms with van der Waals surface area (Å²) in [6.45, 7) is 0.423. The second-order valence-corrected chi connectivity index (χ2v) is 4.89. The fraction of sp³-hybridized carbons (Fsp3) is 0.467. The predicted molar refractivity (Wildman–Crippen MR) is 69.3 cm³/mol. The van der Waals surface area contributed by atoms with Crippen LogP contribution in [-0.2, 0) is 16.1 Å². The topological polar surface area (TPSA) is 70.3 Å². The average Bonchev–Trinajstić information content (AvgIpc) is 2.45. The predicted octanol–water partition coefficient (Wildman–Crippen LogP) is 2.72. The van der Waals surface area contributed by atoms with Crippen molar-refractivity contribution in [2.45, 2.75) is 38.4 Å². The second kappa shape index (κ2) is 6.35. The van der Waals surface area contributed by atoms with Gasteiger partial charge in [-0.2, -0.15) is 5.26 Å². The largest absolute Gasteiger partial charge is 0.481 e. The lowest BCUT2D eigenvalue weighted by Gasteiger charge is -2.26. The number of nitrogens with zero attached hydrogens (tertiary/aromatic N) is 1. The van der Waals surface area contributed by atoms with Gasteiger partial charge in [-0.25, -0.2) is 0 Å². The van der Waals surface area contributed by atoms with Gasteiger partial charge in [0.15, 0.2) is 0 Å². The minimum absolute atomic E-state index is 0.113. The maximum atomic E-state index is 10.8. The molecule has 0 saturated heterocycles. The van der Waals surface area contributed by atoms with Crippen molar-refractivity contribution in [1.82, 2.24) is 0 Å². The number of rotatable bonds is 4. The van der Waals surface area contributed by atoms with Crippen LogP contribution in [0.1, 0.15) is 36.8 Å². The van der Waals surface area contributed by atoms with Crippen LogP contribution in [0.25, 0.3) is 0 Å². The normalized spacial score (nSPS) is 22.7. The molecule has 1 aromatic carbocycles. The summed E-state index contributed by atoms with van der Waals surface area (Å²) >= 11 is 0. The van der Waals surface area contributed by atoms with Crippen LogP contribution < -0.4 is 0 Å². The summed E-state index contributed by atoms with van der Waals surface area (Å²) in [5.74, 6) is -0.917. The van der Waals surface area contributed by atoms with E-state index in [1.54, 1.807) is 6.07 Å². The smallest absolute Gasteiger partial charge is 0.306 e. The molecule has 0 bridgehead atoms. The van der Waals surface area contributed by atoms with Gasteiger partial charge in [0, 0.05) is 0 Å². The number of carboxylic acids is 1. The molecule has 1 fully saturated rings.